The number of morpholine rings is 1. The third kappa shape index (κ3) is 2.43. The molecule has 2 heterocycles. The summed E-state index contributed by atoms with van der Waals surface area (Å²) in [6, 6.07) is 0. The molecule has 8 nitrogen and oxygen atoms in total. The Balaban J connectivity index is 1.98. The summed E-state index contributed by atoms with van der Waals surface area (Å²) in [7, 11) is -3.98. The van der Waals surface area contributed by atoms with Crippen molar-refractivity contribution in [2.24, 2.45) is 5.14 Å². The summed E-state index contributed by atoms with van der Waals surface area (Å²) in [5.74, 6) is -0.303. The molecule has 2 aliphatic rings. The summed E-state index contributed by atoms with van der Waals surface area (Å²) in [4.78, 5) is 13.8. The van der Waals surface area contributed by atoms with Crippen LogP contribution in [0.3, 0.4) is 0 Å². The summed E-state index contributed by atoms with van der Waals surface area (Å²) in [5, 5.41) is 11.8. The van der Waals surface area contributed by atoms with Gasteiger partial charge in [0.15, 0.2) is 5.69 Å². The minimum absolute atomic E-state index is 0.101. The summed E-state index contributed by atoms with van der Waals surface area (Å²) < 4.78 is 28.7. The number of H-pyrrole nitrogens is 1. The predicted octanol–water partition coefficient (Wildman–Crippen LogP) is -0.593. The van der Waals surface area contributed by atoms with Crippen LogP contribution in [0.1, 0.15) is 34.9 Å². The van der Waals surface area contributed by atoms with Gasteiger partial charge < -0.3 is 9.64 Å². The van der Waals surface area contributed by atoms with E-state index in [1.807, 2.05) is 0 Å². The Morgan fingerprint density at radius 1 is 1.35 bits per heavy atom. The van der Waals surface area contributed by atoms with Crippen molar-refractivity contribution in [3.63, 3.8) is 0 Å². The van der Waals surface area contributed by atoms with Gasteiger partial charge in [-0.15, -0.1) is 0 Å². The molecule has 0 bridgehead atoms. The van der Waals surface area contributed by atoms with E-state index in [9.17, 15) is 13.2 Å². The van der Waals surface area contributed by atoms with Crippen molar-refractivity contribution >= 4 is 15.9 Å². The van der Waals surface area contributed by atoms with Crippen LogP contribution in [0.2, 0.25) is 0 Å². The summed E-state index contributed by atoms with van der Waals surface area (Å²) in [6.45, 7) is 1.73. The Morgan fingerprint density at radius 3 is 2.55 bits per heavy atom. The SMILES string of the molecule is NS(=O)(=O)c1c(C(=O)N2CCOCC2)n[nH]c1C1CC1. The molecule has 110 valence electrons. The molecule has 1 aliphatic carbocycles. The molecular formula is C11H16N4O4S. The van der Waals surface area contributed by atoms with Crippen LogP contribution in [0.15, 0.2) is 4.90 Å². The topological polar surface area (TPSA) is 118 Å². The molecule has 9 heteroatoms. The van der Waals surface area contributed by atoms with E-state index < -0.39 is 15.9 Å². The van der Waals surface area contributed by atoms with E-state index in [1.54, 1.807) is 0 Å². The Hall–Kier alpha value is -1.45. The number of sulfonamides is 1. The van der Waals surface area contributed by atoms with Gasteiger partial charge in [0.2, 0.25) is 10.0 Å². The van der Waals surface area contributed by atoms with Gasteiger partial charge in [0.25, 0.3) is 5.91 Å². The highest BCUT2D eigenvalue weighted by Crippen LogP contribution is 2.42. The first-order valence-corrected chi connectivity index (χ1v) is 8.01. The predicted molar refractivity (Wildman–Crippen MR) is 68.7 cm³/mol. The lowest BCUT2D eigenvalue weighted by atomic mass is 10.2. The van der Waals surface area contributed by atoms with Crippen molar-refractivity contribution in [1.29, 1.82) is 0 Å². The van der Waals surface area contributed by atoms with Crippen LogP contribution >= 0.6 is 0 Å². The summed E-state index contributed by atoms with van der Waals surface area (Å²) >= 11 is 0. The third-order valence-corrected chi connectivity index (χ3v) is 4.50. The standard InChI is InChI=1S/C11H16N4O4S/c12-20(17,18)10-8(7-1-2-7)13-14-9(10)11(16)15-3-5-19-6-4-15/h7H,1-6H2,(H,13,14)(H2,12,17,18). The number of ether oxygens (including phenoxy) is 1. The number of nitrogens with two attached hydrogens (primary N) is 1. The maximum atomic E-state index is 12.4. The highest BCUT2D eigenvalue weighted by molar-refractivity contribution is 7.89. The largest absolute Gasteiger partial charge is 0.378 e. The van der Waals surface area contributed by atoms with Crippen LogP contribution in [0.4, 0.5) is 0 Å². The fourth-order valence-corrected chi connectivity index (χ4v) is 3.26. The van der Waals surface area contributed by atoms with Gasteiger partial charge in [-0.25, -0.2) is 13.6 Å². The van der Waals surface area contributed by atoms with Crippen LogP contribution in [0, 0.1) is 0 Å². The van der Waals surface area contributed by atoms with Crippen LogP contribution in [0.25, 0.3) is 0 Å². The lowest BCUT2D eigenvalue weighted by Gasteiger charge is -2.26. The minimum atomic E-state index is -3.98. The average Bonchev–Trinajstić information content (AvgIpc) is 3.16. The van der Waals surface area contributed by atoms with E-state index in [4.69, 9.17) is 9.88 Å². The Labute approximate surface area is 116 Å². The Bertz CT molecular complexity index is 629. The number of aromatic amines is 1. The number of nitrogens with zero attached hydrogens (tertiary/aromatic N) is 2. The van der Waals surface area contributed by atoms with Gasteiger partial charge >= 0.3 is 0 Å². The second-order valence-electron chi connectivity index (χ2n) is 5.04. The molecule has 1 aromatic heterocycles. The maximum Gasteiger partial charge on any atom is 0.275 e. The molecule has 0 unspecified atom stereocenters. The van der Waals surface area contributed by atoms with E-state index in [0.29, 0.717) is 32.0 Å². The molecule has 1 amide bonds. The van der Waals surface area contributed by atoms with Gasteiger partial charge in [-0.05, 0) is 12.8 Å². The summed E-state index contributed by atoms with van der Waals surface area (Å²) in [5.41, 5.74) is 0.361. The summed E-state index contributed by atoms with van der Waals surface area (Å²) in [6.07, 6.45) is 1.77. The van der Waals surface area contributed by atoms with E-state index in [0.717, 1.165) is 12.8 Å². The second-order valence-corrected chi connectivity index (χ2v) is 6.54. The van der Waals surface area contributed by atoms with E-state index in [-0.39, 0.29) is 16.5 Å². The number of primary sulfonamides is 1. The molecule has 0 radical (unpaired) electrons. The van der Waals surface area contributed by atoms with Crippen molar-refractivity contribution in [2.75, 3.05) is 26.3 Å². The zero-order chi connectivity index (χ0) is 14.3. The van der Waals surface area contributed by atoms with Crippen molar-refractivity contribution in [2.45, 2.75) is 23.7 Å². The number of nitrogens with one attached hydrogen (secondary N) is 1. The smallest absolute Gasteiger partial charge is 0.275 e. The van der Waals surface area contributed by atoms with Crippen molar-refractivity contribution in [3.8, 4) is 0 Å². The zero-order valence-corrected chi connectivity index (χ0v) is 11.6. The average molecular weight is 300 g/mol. The number of hydrogen-bond donors (Lipinski definition) is 2. The normalized spacial score (nSPS) is 20.1. The van der Waals surface area contributed by atoms with Gasteiger partial charge in [0.1, 0.15) is 4.90 Å². The van der Waals surface area contributed by atoms with Crippen LogP contribution < -0.4 is 5.14 Å². The van der Waals surface area contributed by atoms with E-state index in [1.165, 1.54) is 4.90 Å². The first kappa shape index (κ1) is 13.5. The van der Waals surface area contributed by atoms with Crippen LogP contribution in [-0.2, 0) is 14.8 Å². The highest BCUT2D eigenvalue weighted by Gasteiger charge is 2.37. The Morgan fingerprint density at radius 2 is 2.00 bits per heavy atom. The molecular weight excluding hydrogens is 284 g/mol. The number of rotatable bonds is 3. The fraction of sp³-hybridized carbons (Fsp3) is 0.636. The third-order valence-electron chi connectivity index (χ3n) is 3.52. The molecule has 20 heavy (non-hydrogen) atoms. The fourth-order valence-electron chi connectivity index (χ4n) is 2.34. The lowest BCUT2D eigenvalue weighted by molar-refractivity contribution is 0.0296. The number of aromatic nitrogens is 2. The Kier molecular flexibility index (Phi) is 3.27. The molecule has 3 N–H and O–H groups in total. The first-order chi connectivity index (χ1) is 9.48. The number of carbonyl (C=O) groups excluding carboxylic acids is 1. The van der Waals surface area contributed by atoms with Crippen molar-refractivity contribution < 1.29 is 17.9 Å². The van der Waals surface area contributed by atoms with Gasteiger partial charge in [0.05, 0.1) is 18.9 Å². The van der Waals surface area contributed by atoms with E-state index >= 15 is 0 Å². The molecule has 1 saturated heterocycles. The lowest BCUT2D eigenvalue weighted by Crippen LogP contribution is -2.41. The number of hydrogen-bond acceptors (Lipinski definition) is 5. The molecule has 0 atom stereocenters. The van der Waals surface area contributed by atoms with Crippen LogP contribution in [-0.4, -0.2) is 55.7 Å². The molecule has 1 saturated carbocycles. The molecule has 0 spiro atoms. The van der Waals surface area contributed by atoms with Gasteiger partial charge in [-0.3, -0.25) is 9.89 Å². The first-order valence-electron chi connectivity index (χ1n) is 6.46. The molecule has 3 rings (SSSR count). The molecule has 2 fully saturated rings. The number of amides is 1. The van der Waals surface area contributed by atoms with Gasteiger partial charge in [-0.1, -0.05) is 0 Å². The second kappa shape index (κ2) is 4.83. The van der Waals surface area contributed by atoms with E-state index in [2.05, 4.69) is 10.2 Å². The van der Waals surface area contributed by atoms with Crippen LogP contribution in [0.5, 0.6) is 0 Å². The molecule has 1 aromatic rings. The van der Waals surface area contributed by atoms with Crippen molar-refractivity contribution in [3.05, 3.63) is 11.4 Å². The minimum Gasteiger partial charge on any atom is -0.378 e. The monoisotopic (exact) mass is 300 g/mol. The molecule has 1 aliphatic heterocycles. The maximum absolute atomic E-state index is 12.4. The van der Waals surface area contributed by atoms with Gasteiger partial charge in [-0.2, -0.15) is 5.10 Å². The van der Waals surface area contributed by atoms with Crippen molar-refractivity contribution in [1.82, 2.24) is 15.1 Å². The molecule has 0 aromatic carbocycles. The zero-order valence-electron chi connectivity index (χ0n) is 10.8. The highest BCUT2D eigenvalue weighted by atomic mass is 32.2. The quantitative estimate of drug-likeness (QED) is 0.773. The number of carbonyl (C=O) groups is 1. The van der Waals surface area contributed by atoms with Gasteiger partial charge in [0, 0.05) is 19.0 Å².